The SMILES string of the molecule is NCC1(c2cc(Cl)ccc2OCC2CCC2)CCCC1. The molecule has 0 radical (unpaired) electrons. The van der Waals surface area contributed by atoms with E-state index in [1.165, 1.54) is 37.7 Å². The fourth-order valence-electron chi connectivity index (χ4n) is 3.54. The molecule has 110 valence electrons. The van der Waals surface area contributed by atoms with E-state index in [1.807, 2.05) is 12.1 Å². The Hall–Kier alpha value is -0.730. The van der Waals surface area contributed by atoms with E-state index < -0.39 is 0 Å². The molecule has 2 aliphatic carbocycles. The predicted molar refractivity (Wildman–Crippen MR) is 83.5 cm³/mol. The van der Waals surface area contributed by atoms with Crippen LogP contribution in [0.3, 0.4) is 0 Å². The van der Waals surface area contributed by atoms with Crippen molar-refractivity contribution < 1.29 is 4.74 Å². The molecule has 0 saturated heterocycles. The van der Waals surface area contributed by atoms with Gasteiger partial charge in [0.25, 0.3) is 0 Å². The van der Waals surface area contributed by atoms with E-state index in [0.717, 1.165) is 36.1 Å². The Morgan fingerprint density at radius 2 is 1.95 bits per heavy atom. The van der Waals surface area contributed by atoms with Crippen molar-refractivity contribution in [2.45, 2.75) is 50.4 Å². The van der Waals surface area contributed by atoms with Gasteiger partial charge in [0, 0.05) is 22.5 Å². The van der Waals surface area contributed by atoms with E-state index in [2.05, 4.69) is 6.07 Å². The van der Waals surface area contributed by atoms with Crippen LogP contribution >= 0.6 is 11.6 Å². The Balaban J connectivity index is 1.84. The van der Waals surface area contributed by atoms with Crippen molar-refractivity contribution >= 4 is 11.6 Å². The highest BCUT2D eigenvalue weighted by Gasteiger charge is 2.37. The second-order valence-electron chi connectivity index (χ2n) is 6.44. The molecule has 2 aliphatic rings. The summed E-state index contributed by atoms with van der Waals surface area (Å²) in [5.74, 6) is 1.75. The van der Waals surface area contributed by atoms with Gasteiger partial charge in [0.05, 0.1) is 6.61 Å². The van der Waals surface area contributed by atoms with Gasteiger partial charge in [0.15, 0.2) is 0 Å². The molecule has 3 heteroatoms. The quantitative estimate of drug-likeness (QED) is 0.879. The van der Waals surface area contributed by atoms with Gasteiger partial charge in [-0.05, 0) is 49.8 Å². The Kier molecular flexibility index (Phi) is 4.23. The summed E-state index contributed by atoms with van der Waals surface area (Å²) >= 11 is 6.22. The lowest BCUT2D eigenvalue weighted by molar-refractivity contribution is 0.177. The number of hydrogen-bond donors (Lipinski definition) is 1. The van der Waals surface area contributed by atoms with E-state index in [-0.39, 0.29) is 5.41 Å². The van der Waals surface area contributed by atoms with Gasteiger partial charge in [-0.15, -0.1) is 0 Å². The van der Waals surface area contributed by atoms with Gasteiger partial charge >= 0.3 is 0 Å². The highest BCUT2D eigenvalue weighted by atomic mass is 35.5. The van der Waals surface area contributed by atoms with Crippen LogP contribution in [-0.4, -0.2) is 13.2 Å². The van der Waals surface area contributed by atoms with Crippen LogP contribution in [0.25, 0.3) is 0 Å². The third kappa shape index (κ3) is 2.68. The van der Waals surface area contributed by atoms with Crippen LogP contribution in [0.2, 0.25) is 5.02 Å². The number of halogens is 1. The summed E-state index contributed by atoms with van der Waals surface area (Å²) in [6, 6.07) is 6.04. The van der Waals surface area contributed by atoms with Crippen molar-refractivity contribution in [3.05, 3.63) is 28.8 Å². The van der Waals surface area contributed by atoms with Gasteiger partial charge in [0.2, 0.25) is 0 Å². The molecule has 1 aromatic rings. The summed E-state index contributed by atoms with van der Waals surface area (Å²) in [7, 11) is 0. The zero-order valence-corrected chi connectivity index (χ0v) is 12.8. The lowest BCUT2D eigenvalue weighted by Crippen LogP contribution is -2.33. The monoisotopic (exact) mass is 293 g/mol. The van der Waals surface area contributed by atoms with E-state index in [1.54, 1.807) is 0 Å². The molecular formula is C17H24ClNO. The molecule has 2 nitrogen and oxygen atoms in total. The first kappa shape index (κ1) is 14.2. The molecule has 2 fully saturated rings. The van der Waals surface area contributed by atoms with Crippen molar-refractivity contribution in [2.24, 2.45) is 11.7 Å². The van der Waals surface area contributed by atoms with Gasteiger partial charge in [-0.25, -0.2) is 0 Å². The van der Waals surface area contributed by atoms with E-state index >= 15 is 0 Å². The Labute approximate surface area is 126 Å². The normalized spacial score (nSPS) is 21.7. The highest BCUT2D eigenvalue weighted by Crippen LogP contribution is 2.45. The van der Waals surface area contributed by atoms with Crippen LogP contribution < -0.4 is 10.5 Å². The number of nitrogens with two attached hydrogens (primary N) is 1. The van der Waals surface area contributed by atoms with Crippen LogP contribution in [-0.2, 0) is 5.41 Å². The maximum Gasteiger partial charge on any atom is 0.123 e. The number of benzene rings is 1. The van der Waals surface area contributed by atoms with Gasteiger partial charge in [-0.2, -0.15) is 0 Å². The van der Waals surface area contributed by atoms with Crippen molar-refractivity contribution in [1.82, 2.24) is 0 Å². The predicted octanol–water partition coefficient (Wildman–Crippen LogP) is 4.29. The maximum atomic E-state index is 6.22. The van der Waals surface area contributed by atoms with E-state index in [0.29, 0.717) is 6.54 Å². The smallest absolute Gasteiger partial charge is 0.123 e. The van der Waals surface area contributed by atoms with Crippen molar-refractivity contribution in [2.75, 3.05) is 13.2 Å². The van der Waals surface area contributed by atoms with Gasteiger partial charge in [-0.3, -0.25) is 0 Å². The Morgan fingerprint density at radius 1 is 1.20 bits per heavy atom. The lowest BCUT2D eigenvalue weighted by Gasteiger charge is -2.31. The molecule has 1 aromatic carbocycles. The average molecular weight is 294 g/mol. The molecule has 0 spiro atoms. The molecule has 0 bridgehead atoms. The first-order chi connectivity index (χ1) is 9.73. The lowest BCUT2D eigenvalue weighted by atomic mass is 9.78. The summed E-state index contributed by atoms with van der Waals surface area (Å²) in [5, 5.41) is 0.788. The fraction of sp³-hybridized carbons (Fsp3) is 0.647. The van der Waals surface area contributed by atoms with Crippen LogP contribution in [0.5, 0.6) is 5.75 Å². The minimum absolute atomic E-state index is 0.0832. The Bertz CT molecular complexity index is 464. The number of ether oxygens (including phenoxy) is 1. The number of hydrogen-bond acceptors (Lipinski definition) is 2. The fourth-order valence-corrected chi connectivity index (χ4v) is 3.72. The highest BCUT2D eigenvalue weighted by molar-refractivity contribution is 6.30. The molecule has 2 saturated carbocycles. The molecule has 0 aliphatic heterocycles. The molecule has 0 aromatic heterocycles. The second-order valence-corrected chi connectivity index (χ2v) is 6.88. The molecular weight excluding hydrogens is 270 g/mol. The zero-order chi connectivity index (χ0) is 14.0. The van der Waals surface area contributed by atoms with E-state index in [4.69, 9.17) is 22.1 Å². The molecule has 0 amide bonds. The minimum Gasteiger partial charge on any atom is -0.493 e. The minimum atomic E-state index is 0.0832. The molecule has 0 unspecified atom stereocenters. The summed E-state index contributed by atoms with van der Waals surface area (Å²) in [5.41, 5.74) is 7.44. The maximum absolute atomic E-state index is 6.22. The summed E-state index contributed by atoms with van der Waals surface area (Å²) in [6.07, 6.45) is 8.80. The van der Waals surface area contributed by atoms with Crippen molar-refractivity contribution in [3.8, 4) is 5.75 Å². The zero-order valence-electron chi connectivity index (χ0n) is 12.0. The average Bonchev–Trinajstić information content (AvgIpc) is 2.88. The largest absolute Gasteiger partial charge is 0.493 e. The number of rotatable bonds is 5. The third-order valence-corrected chi connectivity index (χ3v) is 5.40. The standard InChI is InChI=1S/C17H24ClNO/c18-14-6-7-16(20-11-13-4-3-5-13)15(10-14)17(12-19)8-1-2-9-17/h6-7,10,13H,1-5,8-9,11-12,19H2. The first-order valence-corrected chi connectivity index (χ1v) is 8.24. The third-order valence-electron chi connectivity index (χ3n) is 5.16. The van der Waals surface area contributed by atoms with Crippen molar-refractivity contribution in [3.63, 3.8) is 0 Å². The molecule has 2 N–H and O–H groups in total. The summed E-state index contributed by atoms with van der Waals surface area (Å²) < 4.78 is 6.12. The molecule has 0 heterocycles. The summed E-state index contributed by atoms with van der Waals surface area (Å²) in [6.45, 7) is 1.53. The molecule has 3 rings (SSSR count). The van der Waals surface area contributed by atoms with E-state index in [9.17, 15) is 0 Å². The van der Waals surface area contributed by atoms with Gasteiger partial charge < -0.3 is 10.5 Å². The van der Waals surface area contributed by atoms with Crippen molar-refractivity contribution in [1.29, 1.82) is 0 Å². The summed E-state index contributed by atoms with van der Waals surface area (Å²) in [4.78, 5) is 0. The molecule has 0 atom stereocenters. The van der Waals surface area contributed by atoms with Crippen LogP contribution in [0.1, 0.15) is 50.5 Å². The molecule has 20 heavy (non-hydrogen) atoms. The van der Waals surface area contributed by atoms with Crippen LogP contribution in [0.15, 0.2) is 18.2 Å². The van der Waals surface area contributed by atoms with Gasteiger partial charge in [-0.1, -0.05) is 30.9 Å². The van der Waals surface area contributed by atoms with Crippen LogP contribution in [0, 0.1) is 5.92 Å². The Morgan fingerprint density at radius 3 is 2.55 bits per heavy atom. The first-order valence-electron chi connectivity index (χ1n) is 7.86. The second kappa shape index (κ2) is 5.95. The van der Waals surface area contributed by atoms with Crippen LogP contribution in [0.4, 0.5) is 0 Å². The van der Waals surface area contributed by atoms with Gasteiger partial charge in [0.1, 0.15) is 5.75 Å². The topological polar surface area (TPSA) is 35.2 Å².